The van der Waals surface area contributed by atoms with Gasteiger partial charge in [0, 0.05) is 6.42 Å². The summed E-state index contributed by atoms with van der Waals surface area (Å²) in [6.07, 6.45) is 6.75. The average Bonchev–Trinajstić information content (AvgIpc) is 2.00. The van der Waals surface area contributed by atoms with Crippen LogP contribution in [0, 0.1) is 17.8 Å². The first-order valence-electron chi connectivity index (χ1n) is 4.97. The van der Waals surface area contributed by atoms with Gasteiger partial charge in [0.2, 0.25) is 0 Å². The van der Waals surface area contributed by atoms with Crippen LogP contribution in [-0.2, 0) is 4.79 Å². The van der Waals surface area contributed by atoms with E-state index in [1.54, 1.807) is 0 Å². The van der Waals surface area contributed by atoms with Gasteiger partial charge in [0.25, 0.3) is 0 Å². The van der Waals surface area contributed by atoms with Crippen LogP contribution in [0.5, 0.6) is 0 Å². The Labute approximate surface area is 73.0 Å². The van der Waals surface area contributed by atoms with Crippen LogP contribution in [-0.4, -0.2) is 11.1 Å². The zero-order chi connectivity index (χ0) is 8.55. The van der Waals surface area contributed by atoms with E-state index in [1.165, 1.54) is 25.7 Å². The molecule has 3 saturated carbocycles. The highest BCUT2D eigenvalue weighted by atomic mass is 16.4. The fourth-order valence-corrected chi connectivity index (χ4v) is 2.78. The second-order valence-electron chi connectivity index (χ2n) is 4.37. The zero-order valence-electron chi connectivity index (χ0n) is 7.33. The van der Waals surface area contributed by atoms with E-state index in [4.69, 9.17) is 5.11 Å². The van der Waals surface area contributed by atoms with Crippen molar-refractivity contribution < 1.29 is 9.90 Å². The Hall–Kier alpha value is -0.530. The van der Waals surface area contributed by atoms with E-state index in [0.29, 0.717) is 6.42 Å². The van der Waals surface area contributed by atoms with E-state index in [0.717, 1.165) is 24.2 Å². The third-order valence-corrected chi connectivity index (χ3v) is 3.61. The lowest BCUT2D eigenvalue weighted by Gasteiger charge is -2.46. The Bertz CT molecular complexity index is 180. The first kappa shape index (κ1) is 8.09. The maximum absolute atomic E-state index is 10.4. The van der Waals surface area contributed by atoms with E-state index in [9.17, 15) is 4.79 Å². The number of carboxylic acids is 1. The predicted molar refractivity (Wildman–Crippen MR) is 45.8 cm³/mol. The fraction of sp³-hybridized carbons (Fsp3) is 0.900. The highest BCUT2D eigenvalue weighted by Gasteiger charge is 2.39. The van der Waals surface area contributed by atoms with Crippen LogP contribution >= 0.6 is 0 Å². The molecule has 0 saturated heterocycles. The first-order valence-corrected chi connectivity index (χ1v) is 4.97. The molecule has 2 heteroatoms. The largest absolute Gasteiger partial charge is 0.481 e. The lowest BCUT2D eigenvalue weighted by molar-refractivity contribution is -0.137. The summed E-state index contributed by atoms with van der Waals surface area (Å²) in [6.45, 7) is 0. The molecule has 2 bridgehead atoms. The van der Waals surface area contributed by atoms with Gasteiger partial charge in [-0.1, -0.05) is 6.42 Å². The molecular weight excluding hydrogens is 152 g/mol. The molecule has 0 spiro atoms. The molecule has 0 heterocycles. The van der Waals surface area contributed by atoms with Crippen LogP contribution < -0.4 is 0 Å². The normalized spacial score (nSPS) is 38.8. The molecule has 0 aromatic carbocycles. The highest BCUT2D eigenvalue weighted by Crippen LogP contribution is 2.50. The van der Waals surface area contributed by atoms with Crippen molar-refractivity contribution in [1.29, 1.82) is 0 Å². The molecule has 1 unspecified atom stereocenters. The summed E-state index contributed by atoms with van der Waals surface area (Å²) in [6, 6.07) is 0. The predicted octanol–water partition coefficient (Wildman–Crippen LogP) is 2.29. The molecule has 2 nitrogen and oxygen atoms in total. The van der Waals surface area contributed by atoms with Gasteiger partial charge in [-0.05, 0) is 43.4 Å². The SMILES string of the molecule is O=C(O)CCC1CCC2CC1C2. The topological polar surface area (TPSA) is 37.3 Å². The van der Waals surface area contributed by atoms with Gasteiger partial charge in [0.1, 0.15) is 0 Å². The molecule has 68 valence electrons. The highest BCUT2D eigenvalue weighted by molar-refractivity contribution is 5.66. The summed E-state index contributed by atoms with van der Waals surface area (Å²) < 4.78 is 0. The quantitative estimate of drug-likeness (QED) is 0.702. The number of carbonyl (C=O) groups is 1. The zero-order valence-corrected chi connectivity index (χ0v) is 7.33. The van der Waals surface area contributed by atoms with E-state index in [-0.39, 0.29) is 0 Å². The fourth-order valence-electron chi connectivity index (χ4n) is 2.78. The summed E-state index contributed by atoms with van der Waals surface area (Å²) in [4.78, 5) is 10.4. The smallest absolute Gasteiger partial charge is 0.303 e. The number of aliphatic carboxylic acids is 1. The van der Waals surface area contributed by atoms with E-state index >= 15 is 0 Å². The van der Waals surface area contributed by atoms with Crippen molar-refractivity contribution in [3.63, 3.8) is 0 Å². The minimum absolute atomic E-state index is 0.381. The van der Waals surface area contributed by atoms with Crippen molar-refractivity contribution >= 4 is 5.97 Å². The Morgan fingerprint density at radius 2 is 2.08 bits per heavy atom. The Kier molecular flexibility index (Phi) is 2.07. The Balaban J connectivity index is 1.76. The second kappa shape index (κ2) is 3.08. The van der Waals surface area contributed by atoms with Crippen LogP contribution in [0.15, 0.2) is 0 Å². The first-order chi connectivity index (χ1) is 5.75. The molecule has 0 amide bonds. The van der Waals surface area contributed by atoms with Crippen LogP contribution in [0.2, 0.25) is 0 Å². The third-order valence-electron chi connectivity index (χ3n) is 3.61. The van der Waals surface area contributed by atoms with Crippen molar-refractivity contribution in [3.05, 3.63) is 0 Å². The molecule has 3 aliphatic carbocycles. The number of hydrogen-bond donors (Lipinski definition) is 1. The number of hydrogen-bond acceptors (Lipinski definition) is 1. The number of rotatable bonds is 3. The van der Waals surface area contributed by atoms with Gasteiger partial charge in [-0.3, -0.25) is 4.79 Å². The van der Waals surface area contributed by atoms with Crippen molar-refractivity contribution in [2.24, 2.45) is 17.8 Å². The molecule has 3 rings (SSSR count). The molecular formula is C10H16O2. The Morgan fingerprint density at radius 1 is 1.33 bits per heavy atom. The Morgan fingerprint density at radius 3 is 2.58 bits per heavy atom. The monoisotopic (exact) mass is 168 g/mol. The van der Waals surface area contributed by atoms with Gasteiger partial charge < -0.3 is 5.11 Å². The van der Waals surface area contributed by atoms with Gasteiger partial charge in [0.15, 0.2) is 0 Å². The van der Waals surface area contributed by atoms with E-state index in [2.05, 4.69) is 0 Å². The van der Waals surface area contributed by atoms with Crippen LogP contribution in [0.25, 0.3) is 0 Å². The lowest BCUT2D eigenvalue weighted by atomic mass is 9.59. The minimum atomic E-state index is -0.628. The standard InChI is InChI=1S/C10H16O2/c11-10(12)4-3-8-2-1-7-5-9(8)6-7/h7-9H,1-6H2,(H,11,12). The van der Waals surface area contributed by atoms with Crippen molar-refractivity contribution in [2.45, 2.75) is 38.5 Å². The van der Waals surface area contributed by atoms with Crippen LogP contribution in [0.4, 0.5) is 0 Å². The molecule has 0 radical (unpaired) electrons. The van der Waals surface area contributed by atoms with Crippen LogP contribution in [0.1, 0.15) is 38.5 Å². The molecule has 12 heavy (non-hydrogen) atoms. The van der Waals surface area contributed by atoms with Crippen molar-refractivity contribution in [1.82, 2.24) is 0 Å². The molecule has 3 aliphatic rings. The third kappa shape index (κ3) is 1.47. The maximum atomic E-state index is 10.4. The summed E-state index contributed by atoms with van der Waals surface area (Å²) >= 11 is 0. The van der Waals surface area contributed by atoms with Crippen molar-refractivity contribution in [3.8, 4) is 0 Å². The van der Waals surface area contributed by atoms with E-state index < -0.39 is 5.97 Å². The molecule has 3 fully saturated rings. The average molecular weight is 168 g/mol. The molecule has 0 aromatic rings. The molecule has 0 aromatic heterocycles. The van der Waals surface area contributed by atoms with Gasteiger partial charge in [-0.2, -0.15) is 0 Å². The second-order valence-corrected chi connectivity index (χ2v) is 4.37. The van der Waals surface area contributed by atoms with E-state index in [1.807, 2.05) is 0 Å². The van der Waals surface area contributed by atoms with Gasteiger partial charge in [0.05, 0.1) is 0 Å². The summed E-state index contributed by atoms with van der Waals surface area (Å²) in [5, 5.41) is 8.54. The van der Waals surface area contributed by atoms with Crippen LogP contribution in [0.3, 0.4) is 0 Å². The molecule has 1 N–H and O–H groups in total. The molecule has 0 aliphatic heterocycles. The van der Waals surface area contributed by atoms with Gasteiger partial charge >= 0.3 is 5.97 Å². The molecule has 1 atom stereocenters. The summed E-state index contributed by atoms with van der Waals surface area (Å²) in [7, 11) is 0. The lowest BCUT2D eigenvalue weighted by Crippen LogP contribution is -2.36. The van der Waals surface area contributed by atoms with Gasteiger partial charge in [-0.15, -0.1) is 0 Å². The number of fused-ring (bicyclic) bond motifs is 2. The van der Waals surface area contributed by atoms with Crippen molar-refractivity contribution in [2.75, 3.05) is 0 Å². The summed E-state index contributed by atoms with van der Waals surface area (Å²) in [5.41, 5.74) is 0. The maximum Gasteiger partial charge on any atom is 0.303 e. The summed E-state index contributed by atoms with van der Waals surface area (Å²) in [5.74, 6) is 2.02. The number of carboxylic acid groups (broad SMARTS) is 1. The van der Waals surface area contributed by atoms with Gasteiger partial charge in [-0.25, -0.2) is 0 Å². The minimum Gasteiger partial charge on any atom is -0.481 e.